The molecule has 1 aliphatic heterocycles. The number of likely N-dealkylation sites (tertiary alicyclic amines) is 1. The molecule has 1 atom stereocenters. The van der Waals surface area contributed by atoms with Gasteiger partial charge in [-0.1, -0.05) is 35.9 Å². The Morgan fingerprint density at radius 3 is 2.59 bits per heavy atom. The predicted molar refractivity (Wildman–Crippen MR) is 109 cm³/mol. The van der Waals surface area contributed by atoms with Crippen molar-refractivity contribution >= 4 is 17.5 Å². The Balaban J connectivity index is 1.53. The molecule has 0 aliphatic carbocycles. The van der Waals surface area contributed by atoms with E-state index in [1.54, 1.807) is 0 Å². The van der Waals surface area contributed by atoms with Crippen LogP contribution in [0.25, 0.3) is 0 Å². The number of nitrogens with two attached hydrogens (primary N) is 1. The quantitative estimate of drug-likeness (QED) is 0.814. The second-order valence-corrected chi connectivity index (χ2v) is 7.76. The minimum absolute atomic E-state index is 0.171. The Hall–Kier alpha value is -2.04. The molecule has 1 heterocycles. The van der Waals surface area contributed by atoms with E-state index in [1.165, 1.54) is 0 Å². The molecule has 0 saturated carbocycles. The Labute approximate surface area is 166 Å². The van der Waals surface area contributed by atoms with Crippen molar-refractivity contribution in [3.63, 3.8) is 0 Å². The molecule has 0 aromatic heterocycles. The third kappa shape index (κ3) is 5.72. The van der Waals surface area contributed by atoms with Crippen LogP contribution in [0.5, 0.6) is 5.75 Å². The van der Waals surface area contributed by atoms with Crippen LogP contribution < -0.4 is 10.5 Å². The smallest absolute Gasteiger partial charge is 0.226 e. The molecule has 0 spiro atoms. The molecule has 1 aliphatic rings. The Kier molecular flexibility index (Phi) is 6.75. The first-order valence-corrected chi connectivity index (χ1v) is 9.88. The zero-order valence-corrected chi connectivity index (χ0v) is 16.5. The lowest BCUT2D eigenvalue weighted by Gasteiger charge is -2.33. The summed E-state index contributed by atoms with van der Waals surface area (Å²) in [4.78, 5) is 14.6. The number of hydrogen-bond acceptors (Lipinski definition) is 3. The van der Waals surface area contributed by atoms with Gasteiger partial charge in [0, 0.05) is 24.2 Å². The zero-order valence-electron chi connectivity index (χ0n) is 15.7. The zero-order chi connectivity index (χ0) is 19.2. The van der Waals surface area contributed by atoms with Crippen molar-refractivity contribution in [3.05, 3.63) is 64.7 Å². The number of rotatable bonds is 6. The van der Waals surface area contributed by atoms with Crippen molar-refractivity contribution < 1.29 is 9.53 Å². The summed E-state index contributed by atoms with van der Waals surface area (Å²) < 4.78 is 5.86. The second kappa shape index (κ2) is 9.25. The van der Waals surface area contributed by atoms with Gasteiger partial charge in [0.05, 0.1) is 6.42 Å². The molecule has 1 fully saturated rings. The monoisotopic (exact) mass is 386 g/mol. The fourth-order valence-electron chi connectivity index (χ4n) is 3.50. The first kappa shape index (κ1) is 19.7. The lowest BCUT2D eigenvalue weighted by molar-refractivity contribution is -0.131. The van der Waals surface area contributed by atoms with E-state index in [2.05, 4.69) is 6.92 Å². The van der Waals surface area contributed by atoms with Gasteiger partial charge in [-0.05, 0) is 61.1 Å². The second-order valence-electron chi connectivity index (χ2n) is 7.32. The van der Waals surface area contributed by atoms with Crippen LogP contribution in [0.4, 0.5) is 0 Å². The van der Waals surface area contributed by atoms with Gasteiger partial charge in [-0.15, -0.1) is 0 Å². The molecular formula is C22H27ClN2O2. The average molecular weight is 387 g/mol. The predicted octanol–water partition coefficient (Wildman–Crippen LogP) is 4.05. The maximum absolute atomic E-state index is 12.6. The van der Waals surface area contributed by atoms with Gasteiger partial charge in [0.2, 0.25) is 5.91 Å². The van der Waals surface area contributed by atoms with E-state index in [0.29, 0.717) is 24.0 Å². The molecule has 0 radical (unpaired) electrons. The third-order valence-corrected chi connectivity index (χ3v) is 5.42. The summed E-state index contributed by atoms with van der Waals surface area (Å²) in [7, 11) is 0. The number of nitrogens with zero attached hydrogens (tertiary/aromatic N) is 1. The van der Waals surface area contributed by atoms with Crippen molar-refractivity contribution in [3.8, 4) is 5.75 Å². The number of piperidine rings is 1. The van der Waals surface area contributed by atoms with E-state index < -0.39 is 0 Å². The van der Waals surface area contributed by atoms with Gasteiger partial charge in [0.25, 0.3) is 0 Å². The Bertz CT molecular complexity index is 770. The maximum Gasteiger partial charge on any atom is 0.226 e. The topological polar surface area (TPSA) is 55.6 Å². The molecule has 1 unspecified atom stereocenters. The van der Waals surface area contributed by atoms with Crippen molar-refractivity contribution in [1.29, 1.82) is 0 Å². The van der Waals surface area contributed by atoms with Crippen LogP contribution in [0.3, 0.4) is 0 Å². The van der Waals surface area contributed by atoms with E-state index >= 15 is 0 Å². The van der Waals surface area contributed by atoms with Gasteiger partial charge in [-0.25, -0.2) is 0 Å². The van der Waals surface area contributed by atoms with Crippen LogP contribution in [0.1, 0.15) is 30.9 Å². The van der Waals surface area contributed by atoms with Gasteiger partial charge >= 0.3 is 0 Å². The van der Waals surface area contributed by atoms with E-state index in [-0.39, 0.29) is 11.9 Å². The Morgan fingerprint density at radius 2 is 1.89 bits per heavy atom. The minimum Gasteiger partial charge on any atom is -0.489 e. The van der Waals surface area contributed by atoms with E-state index in [9.17, 15) is 4.79 Å². The molecular weight excluding hydrogens is 360 g/mol. The molecule has 0 bridgehead atoms. The number of carbonyl (C=O) groups excluding carboxylic acids is 1. The molecule has 1 saturated heterocycles. The van der Waals surface area contributed by atoms with Crippen LogP contribution in [-0.4, -0.2) is 29.9 Å². The molecule has 5 heteroatoms. The molecule has 3 rings (SSSR count). The summed E-state index contributed by atoms with van der Waals surface area (Å²) in [5.74, 6) is 1.46. The van der Waals surface area contributed by atoms with E-state index in [4.69, 9.17) is 22.1 Å². The highest BCUT2D eigenvalue weighted by Crippen LogP contribution is 2.21. The lowest BCUT2D eigenvalue weighted by Crippen LogP contribution is -2.43. The third-order valence-electron chi connectivity index (χ3n) is 5.18. The van der Waals surface area contributed by atoms with E-state index in [0.717, 1.165) is 42.8 Å². The molecule has 4 nitrogen and oxygen atoms in total. The summed E-state index contributed by atoms with van der Waals surface area (Å²) in [5.41, 5.74) is 7.97. The Morgan fingerprint density at radius 1 is 1.19 bits per heavy atom. The number of hydrogen-bond donors (Lipinski definition) is 1. The molecule has 2 aromatic rings. The molecule has 2 aromatic carbocycles. The van der Waals surface area contributed by atoms with Gasteiger partial charge in [-0.2, -0.15) is 0 Å². The highest BCUT2D eigenvalue weighted by Gasteiger charge is 2.24. The number of benzene rings is 2. The fraction of sp³-hybridized carbons (Fsp3) is 0.409. The first-order valence-electron chi connectivity index (χ1n) is 9.51. The van der Waals surface area contributed by atoms with Crippen molar-refractivity contribution in [2.24, 2.45) is 11.7 Å². The summed E-state index contributed by atoms with van der Waals surface area (Å²) in [5, 5.41) is 0.697. The van der Waals surface area contributed by atoms with Crippen molar-refractivity contribution in [1.82, 2.24) is 4.90 Å². The van der Waals surface area contributed by atoms with Crippen LogP contribution >= 0.6 is 11.6 Å². The van der Waals surface area contributed by atoms with Crippen LogP contribution in [-0.2, 0) is 17.8 Å². The highest BCUT2D eigenvalue weighted by atomic mass is 35.5. The van der Waals surface area contributed by atoms with Gasteiger partial charge in [-0.3, -0.25) is 4.79 Å². The number of halogens is 1. The SMILES string of the molecule is CC(N)C1CCN(C(=O)Cc2cccc(OCc3cccc(Cl)c3)c2)CC1. The van der Waals surface area contributed by atoms with Gasteiger partial charge in [0.15, 0.2) is 0 Å². The van der Waals surface area contributed by atoms with Gasteiger partial charge < -0.3 is 15.4 Å². The summed E-state index contributed by atoms with van der Waals surface area (Å²) in [6.45, 7) is 4.10. The maximum atomic E-state index is 12.6. The molecule has 144 valence electrons. The van der Waals surface area contributed by atoms with Crippen LogP contribution in [0.15, 0.2) is 48.5 Å². The fourth-order valence-corrected chi connectivity index (χ4v) is 3.71. The molecule has 2 N–H and O–H groups in total. The number of ether oxygens (including phenoxy) is 1. The largest absolute Gasteiger partial charge is 0.489 e. The number of amides is 1. The average Bonchev–Trinajstić information content (AvgIpc) is 2.67. The number of carbonyl (C=O) groups is 1. The first-order chi connectivity index (χ1) is 13.0. The molecule has 27 heavy (non-hydrogen) atoms. The summed E-state index contributed by atoms with van der Waals surface area (Å²) in [6.07, 6.45) is 2.38. The standard InChI is InChI=1S/C22H27ClN2O2/c1-16(24)19-8-10-25(11-9-19)22(26)14-17-4-3-7-21(13-17)27-15-18-5-2-6-20(23)12-18/h2-7,12-13,16,19H,8-11,14-15,24H2,1H3. The lowest BCUT2D eigenvalue weighted by atomic mass is 9.91. The van der Waals surface area contributed by atoms with Crippen molar-refractivity contribution in [2.45, 2.75) is 38.8 Å². The van der Waals surface area contributed by atoms with E-state index in [1.807, 2.05) is 53.4 Å². The van der Waals surface area contributed by atoms with Crippen molar-refractivity contribution in [2.75, 3.05) is 13.1 Å². The van der Waals surface area contributed by atoms with Crippen LogP contribution in [0.2, 0.25) is 5.02 Å². The van der Waals surface area contributed by atoms with Crippen LogP contribution in [0, 0.1) is 5.92 Å². The summed E-state index contributed by atoms with van der Waals surface area (Å²) in [6, 6.07) is 15.6. The highest BCUT2D eigenvalue weighted by molar-refractivity contribution is 6.30. The summed E-state index contributed by atoms with van der Waals surface area (Å²) >= 11 is 6.00. The molecule has 1 amide bonds. The minimum atomic E-state index is 0.171. The van der Waals surface area contributed by atoms with Gasteiger partial charge in [0.1, 0.15) is 12.4 Å². The normalized spacial score (nSPS) is 16.2.